The van der Waals surface area contributed by atoms with Gasteiger partial charge in [-0.15, -0.1) is 0 Å². The molecule has 0 aliphatic heterocycles. The molecule has 5 rings (SSSR count). The van der Waals surface area contributed by atoms with E-state index in [0.29, 0.717) is 40.0 Å². The van der Waals surface area contributed by atoms with Crippen LogP contribution in [0.15, 0.2) is 82.7 Å². The Morgan fingerprint density at radius 3 is 2.51 bits per heavy atom. The maximum atomic E-state index is 13.9. The first kappa shape index (κ1) is 32.4. The van der Waals surface area contributed by atoms with E-state index in [1.54, 1.807) is 42.5 Å². The molecule has 0 saturated carbocycles. The highest BCUT2D eigenvalue weighted by Crippen LogP contribution is 2.39. The second kappa shape index (κ2) is 14.0. The largest absolute Gasteiger partial charge is 0.494 e. The zero-order chi connectivity index (χ0) is 33.7. The first-order valence-corrected chi connectivity index (χ1v) is 15.0. The van der Waals surface area contributed by atoms with Gasteiger partial charge in [0.15, 0.2) is 11.6 Å². The van der Waals surface area contributed by atoms with Crippen LogP contribution in [0, 0.1) is 28.4 Å². The fourth-order valence-corrected chi connectivity index (χ4v) is 5.22. The summed E-state index contributed by atoms with van der Waals surface area (Å²) in [5.74, 6) is 1.19. The number of fused-ring (bicyclic) bond motifs is 1. The summed E-state index contributed by atoms with van der Waals surface area (Å²) in [6.45, 7) is 8.39. The van der Waals surface area contributed by atoms with E-state index in [0.717, 1.165) is 16.9 Å². The first-order valence-electron chi connectivity index (χ1n) is 15.0. The quantitative estimate of drug-likeness (QED) is 0.0850. The molecular formula is C36H33N5O6. The highest BCUT2D eigenvalue weighted by molar-refractivity contribution is 5.84. The molecule has 0 unspecified atom stereocenters. The van der Waals surface area contributed by atoms with Gasteiger partial charge in [-0.2, -0.15) is 15.0 Å². The van der Waals surface area contributed by atoms with Crippen LogP contribution in [0.2, 0.25) is 0 Å². The van der Waals surface area contributed by atoms with Crippen molar-refractivity contribution in [3.05, 3.63) is 121 Å². The highest BCUT2D eigenvalue weighted by atomic mass is 16.6. The van der Waals surface area contributed by atoms with E-state index in [4.69, 9.17) is 19.2 Å². The summed E-state index contributed by atoms with van der Waals surface area (Å²) in [4.78, 5) is 30.3. The molecule has 238 valence electrons. The molecular weight excluding hydrogens is 598 g/mol. The Bertz CT molecular complexity index is 2110. The molecule has 5 aromatic rings. The maximum Gasteiger partial charge on any atom is 0.315 e. The monoisotopic (exact) mass is 631 g/mol. The third-order valence-electron chi connectivity index (χ3n) is 7.58. The van der Waals surface area contributed by atoms with E-state index < -0.39 is 10.5 Å². The minimum Gasteiger partial charge on any atom is -0.494 e. The number of nitriles is 1. The number of hydrogen-bond donors (Lipinski definition) is 0. The Morgan fingerprint density at radius 2 is 1.81 bits per heavy atom. The van der Waals surface area contributed by atoms with Crippen LogP contribution in [-0.2, 0) is 6.61 Å². The second-order valence-corrected chi connectivity index (χ2v) is 11.0. The van der Waals surface area contributed by atoms with E-state index in [1.165, 1.54) is 30.1 Å². The number of methoxy groups -OCH3 is 1. The second-order valence-electron chi connectivity index (χ2n) is 11.0. The van der Waals surface area contributed by atoms with E-state index in [2.05, 4.69) is 25.0 Å². The summed E-state index contributed by atoms with van der Waals surface area (Å²) >= 11 is 0. The van der Waals surface area contributed by atoms with Gasteiger partial charge in [-0.05, 0) is 67.3 Å². The van der Waals surface area contributed by atoms with Gasteiger partial charge in [-0.1, -0.05) is 44.2 Å². The first-order chi connectivity index (χ1) is 22.7. The molecule has 0 saturated heterocycles. The smallest absolute Gasteiger partial charge is 0.315 e. The number of rotatable bonds is 11. The van der Waals surface area contributed by atoms with Crippen molar-refractivity contribution < 1.29 is 19.1 Å². The van der Waals surface area contributed by atoms with Gasteiger partial charge in [0, 0.05) is 22.8 Å². The fraction of sp³-hybridized carbons (Fsp3) is 0.222. The van der Waals surface area contributed by atoms with Gasteiger partial charge in [0.25, 0.3) is 5.56 Å². The molecule has 0 radical (unpaired) electrons. The average Bonchev–Trinajstić information content (AvgIpc) is 3.07. The van der Waals surface area contributed by atoms with Crippen LogP contribution >= 0.6 is 0 Å². The Kier molecular flexibility index (Phi) is 9.61. The van der Waals surface area contributed by atoms with Crippen molar-refractivity contribution in [3.8, 4) is 34.7 Å². The van der Waals surface area contributed by atoms with Crippen molar-refractivity contribution in [2.75, 3.05) is 13.7 Å². The van der Waals surface area contributed by atoms with Gasteiger partial charge in [-0.25, -0.2) is 4.98 Å². The van der Waals surface area contributed by atoms with Crippen LogP contribution < -0.4 is 19.8 Å². The molecule has 4 aromatic carbocycles. The number of aryl methyl sites for hydroxylation is 1. The van der Waals surface area contributed by atoms with Crippen molar-refractivity contribution in [1.29, 1.82) is 5.26 Å². The molecule has 0 amide bonds. The average molecular weight is 632 g/mol. The summed E-state index contributed by atoms with van der Waals surface area (Å²) in [5.41, 5.74) is 3.48. The number of benzene rings is 4. The van der Waals surface area contributed by atoms with Crippen LogP contribution in [0.3, 0.4) is 0 Å². The van der Waals surface area contributed by atoms with E-state index in [9.17, 15) is 20.2 Å². The maximum absolute atomic E-state index is 13.9. The Balaban J connectivity index is 1.63. The normalized spacial score (nSPS) is 11.2. The number of hydrogen-bond acceptors (Lipinski definition) is 9. The summed E-state index contributed by atoms with van der Waals surface area (Å²) in [6, 6.07) is 22.6. The minimum atomic E-state index is -0.586. The lowest BCUT2D eigenvalue weighted by Gasteiger charge is -2.18. The number of ether oxygens (including phenoxy) is 3. The van der Waals surface area contributed by atoms with Crippen LogP contribution in [0.1, 0.15) is 54.5 Å². The lowest BCUT2D eigenvalue weighted by Crippen LogP contribution is -2.21. The number of nitro benzene ring substituents is 1. The van der Waals surface area contributed by atoms with Crippen LogP contribution in [0.25, 0.3) is 22.3 Å². The molecule has 0 fully saturated rings. The van der Waals surface area contributed by atoms with Crippen molar-refractivity contribution in [3.63, 3.8) is 0 Å². The number of aromatic nitrogens is 2. The van der Waals surface area contributed by atoms with E-state index >= 15 is 0 Å². The standard InChI is InChI=1S/C36H33N5O6/c1-6-46-32-15-23(4)29(18-28(32)22(2)3)35-39-30-14-10-9-13-27(30)36(42)40(35)38-20-24-16-31(41(43)44)34(33(17-24)45-5)47-21-26-12-8-7-11-25(26)19-37/h7-18,20,22H,6,21H2,1-5H3. The van der Waals surface area contributed by atoms with Gasteiger partial charge in [-0.3, -0.25) is 14.9 Å². The molecule has 0 bridgehead atoms. The van der Waals surface area contributed by atoms with Crippen molar-refractivity contribution >= 4 is 22.8 Å². The molecule has 0 aliphatic rings. The van der Waals surface area contributed by atoms with Gasteiger partial charge in [0.05, 0.1) is 47.4 Å². The zero-order valence-electron chi connectivity index (χ0n) is 26.7. The summed E-state index contributed by atoms with van der Waals surface area (Å²) in [6.07, 6.45) is 1.35. The highest BCUT2D eigenvalue weighted by Gasteiger charge is 2.23. The summed E-state index contributed by atoms with van der Waals surface area (Å²) in [7, 11) is 1.37. The van der Waals surface area contributed by atoms with Gasteiger partial charge in [0.2, 0.25) is 5.75 Å². The molecule has 1 heterocycles. The molecule has 11 nitrogen and oxygen atoms in total. The minimum absolute atomic E-state index is 0.0863. The predicted molar refractivity (Wildman–Crippen MR) is 180 cm³/mol. The zero-order valence-corrected chi connectivity index (χ0v) is 26.7. The Labute approximate surface area is 271 Å². The van der Waals surface area contributed by atoms with Crippen LogP contribution in [0.4, 0.5) is 5.69 Å². The molecule has 47 heavy (non-hydrogen) atoms. The number of nitro groups is 1. The molecule has 0 N–H and O–H groups in total. The van der Waals surface area contributed by atoms with E-state index in [-0.39, 0.29) is 35.3 Å². The lowest BCUT2D eigenvalue weighted by atomic mass is 9.96. The van der Waals surface area contributed by atoms with E-state index in [1.807, 2.05) is 32.0 Å². The van der Waals surface area contributed by atoms with Crippen molar-refractivity contribution in [2.45, 2.75) is 40.2 Å². The third-order valence-corrected chi connectivity index (χ3v) is 7.58. The lowest BCUT2D eigenvalue weighted by molar-refractivity contribution is -0.386. The molecule has 11 heteroatoms. The SMILES string of the molecule is CCOc1cc(C)c(-c2nc3ccccc3c(=O)n2N=Cc2cc(OC)c(OCc3ccccc3C#N)c([N+](=O)[O-])c2)cc1C(C)C. The van der Waals surface area contributed by atoms with Gasteiger partial charge >= 0.3 is 5.69 Å². The molecule has 1 aromatic heterocycles. The molecule has 0 spiro atoms. The fourth-order valence-electron chi connectivity index (χ4n) is 5.22. The number of para-hydroxylation sites is 1. The Hall–Kier alpha value is -6.02. The van der Waals surface area contributed by atoms with Crippen LogP contribution in [-0.4, -0.2) is 34.5 Å². The third kappa shape index (κ3) is 6.67. The number of nitrogens with zero attached hydrogens (tertiary/aromatic N) is 5. The molecule has 0 aliphatic carbocycles. The van der Waals surface area contributed by atoms with Gasteiger partial charge in [0.1, 0.15) is 12.4 Å². The summed E-state index contributed by atoms with van der Waals surface area (Å²) in [5, 5.41) is 26.5. The molecule has 0 atom stereocenters. The summed E-state index contributed by atoms with van der Waals surface area (Å²) < 4.78 is 18.4. The predicted octanol–water partition coefficient (Wildman–Crippen LogP) is 7.14. The Morgan fingerprint density at radius 1 is 1.06 bits per heavy atom. The van der Waals surface area contributed by atoms with Crippen molar-refractivity contribution in [1.82, 2.24) is 9.66 Å². The van der Waals surface area contributed by atoms with Crippen molar-refractivity contribution in [2.24, 2.45) is 5.10 Å². The topological polar surface area (TPSA) is 142 Å². The van der Waals surface area contributed by atoms with Crippen LogP contribution in [0.5, 0.6) is 17.2 Å². The van der Waals surface area contributed by atoms with Gasteiger partial charge < -0.3 is 14.2 Å².